The molecule has 5 nitrogen and oxygen atoms in total. The predicted octanol–water partition coefficient (Wildman–Crippen LogP) is 6.82. The summed E-state index contributed by atoms with van der Waals surface area (Å²) in [5, 5.41) is 0. The van der Waals surface area contributed by atoms with Gasteiger partial charge in [0.05, 0.1) is 5.56 Å². The highest BCUT2D eigenvalue weighted by atomic mass is 32.2. The molecule has 0 saturated carbocycles. The topological polar surface area (TPSA) is 63.7 Å². The van der Waals surface area contributed by atoms with Crippen LogP contribution < -0.4 is 4.18 Å². The van der Waals surface area contributed by atoms with Crippen LogP contribution in [0.25, 0.3) is 0 Å². The van der Waals surface area contributed by atoms with Crippen LogP contribution in [0.2, 0.25) is 0 Å². The van der Waals surface area contributed by atoms with Crippen molar-refractivity contribution in [1.82, 2.24) is 4.90 Å². The van der Waals surface area contributed by atoms with Crippen molar-refractivity contribution in [3.8, 4) is 5.75 Å². The Hall–Kier alpha value is -3.33. The van der Waals surface area contributed by atoms with E-state index >= 15 is 0 Å². The quantitative estimate of drug-likeness (QED) is 0.313. The summed E-state index contributed by atoms with van der Waals surface area (Å²) in [5.41, 5.74) is 1.30. The molecule has 0 heterocycles. The zero-order chi connectivity index (χ0) is 27.6. The van der Waals surface area contributed by atoms with Gasteiger partial charge in [-0.3, -0.25) is 4.79 Å². The number of rotatable bonds is 7. The van der Waals surface area contributed by atoms with Crippen LogP contribution in [0.5, 0.6) is 5.75 Å². The second kappa shape index (κ2) is 10.6. The third kappa shape index (κ3) is 7.13. The molecule has 0 atom stereocenters. The van der Waals surface area contributed by atoms with Gasteiger partial charge < -0.3 is 9.08 Å². The van der Waals surface area contributed by atoms with Gasteiger partial charge in [0.1, 0.15) is 10.6 Å². The molecule has 0 aliphatic rings. The fraction of sp³-hybridized carbons (Fsp3) is 0.321. The Balaban J connectivity index is 1.74. The van der Waals surface area contributed by atoms with Crippen LogP contribution in [0.3, 0.4) is 0 Å². The van der Waals surface area contributed by atoms with Crippen molar-refractivity contribution >= 4 is 16.0 Å². The molecule has 0 aromatic heterocycles. The molecule has 0 radical (unpaired) electrons. The van der Waals surface area contributed by atoms with Crippen LogP contribution >= 0.6 is 0 Å². The molecule has 3 aromatic carbocycles. The van der Waals surface area contributed by atoms with E-state index in [9.17, 15) is 26.4 Å². The number of halogens is 3. The number of alkyl halides is 3. The van der Waals surface area contributed by atoms with E-state index in [0.717, 1.165) is 29.3 Å². The average molecular weight is 534 g/mol. The van der Waals surface area contributed by atoms with E-state index in [4.69, 9.17) is 4.18 Å². The van der Waals surface area contributed by atoms with Crippen LogP contribution in [0.1, 0.15) is 61.7 Å². The Morgan fingerprint density at radius 1 is 0.892 bits per heavy atom. The highest BCUT2D eigenvalue weighted by Crippen LogP contribution is 2.31. The standard InChI is InChI=1S/C28H30F3NO4S/c1-19(2)32(26(33)21-11-13-22(14-12-21)27(3,4)5)18-20-9-15-24(16-10-20)36-37(34,35)25-8-6-7-23(17-25)28(29,30)31/h6-17,19H,18H2,1-5H3. The van der Waals surface area contributed by atoms with Gasteiger partial charge in [-0.1, -0.05) is 51.1 Å². The van der Waals surface area contributed by atoms with Gasteiger partial charge in [-0.2, -0.15) is 21.6 Å². The summed E-state index contributed by atoms with van der Waals surface area (Å²) in [6.07, 6.45) is -4.68. The van der Waals surface area contributed by atoms with Gasteiger partial charge in [0.2, 0.25) is 0 Å². The fourth-order valence-corrected chi connectivity index (χ4v) is 4.59. The van der Waals surface area contributed by atoms with Gasteiger partial charge in [0.25, 0.3) is 5.91 Å². The summed E-state index contributed by atoms with van der Waals surface area (Å²) >= 11 is 0. The molecule has 3 aromatic rings. The molecule has 37 heavy (non-hydrogen) atoms. The molecule has 0 bridgehead atoms. The maximum absolute atomic E-state index is 13.2. The first-order valence-electron chi connectivity index (χ1n) is 11.7. The number of hydrogen-bond acceptors (Lipinski definition) is 4. The summed E-state index contributed by atoms with van der Waals surface area (Å²) < 4.78 is 69.0. The second-order valence-electron chi connectivity index (χ2n) is 10.1. The molecule has 9 heteroatoms. The van der Waals surface area contributed by atoms with Crippen LogP contribution in [0, 0.1) is 0 Å². The van der Waals surface area contributed by atoms with E-state index < -0.39 is 26.8 Å². The smallest absolute Gasteiger partial charge is 0.379 e. The maximum Gasteiger partial charge on any atom is 0.416 e. The van der Waals surface area contributed by atoms with Crippen molar-refractivity contribution in [1.29, 1.82) is 0 Å². The first kappa shape index (κ1) is 28.2. The Morgan fingerprint density at radius 3 is 2.00 bits per heavy atom. The van der Waals surface area contributed by atoms with Crippen molar-refractivity contribution in [2.24, 2.45) is 0 Å². The Labute approximate surface area is 216 Å². The number of nitrogens with zero attached hydrogens (tertiary/aromatic N) is 1. The summed E-state index contributed by atoms with van der Waals surface area (Å²) in [6.45, 7) is 10.4. The van der Waals surface area contributed by atoms with Gasteiger partial charge in [0.15, 0.2) is 0 Å². The first-order valence-corrected chi connectivity index (χ1v) is 13.1. The molecule has 198 valence electrons. The SMILES string of the molecule is CC(C)N(Cc1ccc(OS(=O)(=O)c2cccc(C(F)(F)F)c2)cc1)C(=O)c1ccc(C(C)(C)C)cc1. The molecule has 0 fully saturated rings. The Bertz CT molecular complexity index is 1340. The van der Waals surface area contributed by atoms with Crippen molar-refractivity contribution in [2.75, 3.05) is 0 Å². The molecule has 0 unspecified atom stereocenters. The van der Waals surface area contributed by atoms with Crippen molar-refractivity contribution in [2.45, 2.75) is 63.7 Å². The minimum Gasteiger partial charge on any atom is -0.379 e. The lowest BCUT2D eigenvalue weighted by molar-refractivity contribution is -0.137. The number of benzene rings is 3. The third-order valence-electron chi connectivity index (χ3n) is 5.81. The summed E-state index contributed by atoms with van der Waals surface area (Å²) in [4.78, 5) is 14.3. The number of hydrogen-bond donors (Lipinski definition) is 0. The van der Waals surface area contributed by atoms with E-state index in [1.54, 1.807) is 17.0 Å². The molecule has 0 saturated heterocycles. The van der Waals surface area contributed by atoms with Crippen LogP contribution in [0.4, 0.5) is 13.2 Å². The summed E-state index contributed by atoms with van der Waals surface area (Å²) in [7, 11) is -4.47. The van der Waals surface area contributed by atoms with Gasteiger partial charge in [-0.05, 0) is 72.9 Å². The molecule has 0 spiro atoms. The predicted molar refractivity (Wildman–Crippen MR) is 136 cm³/mol. The zero-order valence-corrected chi connectivity index (χ0v) is 22.2. The van der Waals surface area contributed by atoms with Crippen molar-refractivity contribution in [3.63, 3.8) is 0 Å². The third-order valence-corrected chi connectivity index (χ3v) is 7.06. The fourth-order valence-electron chi connectivity index (χ4n) is 3.62. The molecule has 0 N–H and O–H groups in total. The largest absolute Gasteiger partial charge is 0.416 e. The van der Waals surface area contributed by atoms with E-state index in [1.165, 1.54) is 12.1 Å². The number of carbonyl (C=O) groups excluding carboxylic acids is 1. The lowest BCUT2D eigenvalue weighted by Gasteiger charge is -2.27. The van der Waals surface area contributed by atoms with E-state index in [-0.39, 0.29) is 29.7 Å². The van der Waals surface area contributed by atoms with E-state index in [1.807, 2.05) is 38.1 Å². The molecule has 3 rings (SSSR count). The first-order chi connectivity index (χ1) is 17.1. The van der Waals surface area contributed by atoms with Gasteiger partial charge in [-0.25, -0.2) is 0 Å². The molecular formula is C28H30F3NO4S. The van der Waals surface area contributed by atoms with Gasteiger partial charge in [-0.15, -0.1) is 0 Å². The minimum absolute atomic E-state index is 0.0300. The van der Waals surface area contributed by atoms with Crippen molar-refractivity contribution in [3.05, 3.63) is 95.1 Å². The van der Waals surface area contributed by atoms with Crippen LogP contribution in [-0.2, 0) is 28.3 Å². The van der Waals surface area contributed by atoms with Gasteiger partial charge in [0, 0.05) is 18.2 Å². The highest BCUT2D eigenvalue weighted by Gasteiger charge is 2.32. The normalized spacial score (nSPS) is 12.5. The Morgan fingerprint density at radius 2 is 1.49 bits per heavy atom. The number of carbonyl (C=O) groups is 1. The molecular weight excluding hydrogens is 503 g/mol. The van der Waals surface area contributed by atoms with E-state index in [2.05, 4.69) is 20.8 Å². The zero-order valence-electron chi connectivity index (χ0n) is 21.3. The Kier molecular flexibility index (Phi) is 8.07. The minimum atomic E-state index is -4.68. The molecule has 0 aliphatic carbocycles. The second-order valence-corrected chi connectivity index (χ2v) is 11.6. The summed E-state index contributed by atoms with van der Waals surface area (Å²) in [5.74, 6) is -0.190. The highest BCUT2D eigenvalue weighted by molar-refractivity contribution is 7.87. The lowest BCUT2D eigenvalue weighted by Crippen LogP contribution is -2.36. The molecule has 0 aliphatic heterocycles. The monoisotopic (exact) mass is 533 g/mol. The lowest BCUT2D eigenvalue weighted by atomic mass is 9.86. The molecule has 1 amide bonds. The van der Waals surface area contributed by atoms with E-state index in [0.29, 0.717) is 11.6 Å². The van der Waals surface area contributed by atoms with Gasteiger partial charge >= 0.3 is 16.3 Å². The van der Waals surface area contributed by atoms with Crippen LogP contribution in [0.15, 0.2) is 77.7 Å². The summed E-state index contributed by atoms with van der Waals surface area (Å²) in [6, 6.07) is 16.8. The van der Waals surface area contributed by atoms with Crippen molar-refractivity contribution < 1.29 is 30.6 Å². The average Bonchev–Trinajstić information content (AvgIpc) is 2.82. The number of amides is 1. The van der Waals surface area contributed by atoms with Crippen LogP contribution in [-0.4, -0.2) is 25.3 Å². The maximum atomic E-state index is 13.2.